The number of fused-ring (bicyclic) bond motifs is 1. The Bertz CT molecular complexity index is 2320. The van der Waals surface area contributed by atoms with Gasteiger partial charge < -0.3 is 15.0 Å². The highest BCUT2D eigenvalue weighted by atomic mass is 32.1. The molecule has 1 saturated carbocycles. The number of nitrogens with zero attached hydrogens (tertiary/aromatic N) is 7. The van der Waals surface area contributed by atoms with Crippen molar-refractivity contribution in [3.05, 3.63) is 53.2 Å². The zero-order valence-corrected chi connectivity index (χ0v) is 34.9. The summed E-state index contributed by atoms with van der Waals surface area (Å²) in [5, 5.41) is 19.4. The van der Waals surface area contributed by atoms with Crippen molar-refractivity contribution in [2.75, 3.05) is 49.5 Å². The molecule has 4 aliphatic rings. The number of para-hydroxylation sites is 1. The summed E-state index contributed by atoms with van der Waals surface area (Å²) >= 11 is 5.69. The molecular weight excluding hydrogens is 845 g/mol. The number of thiocarbonyl (C=S) groups is 1. The van der Waals surface area contributed by atoms with Gasteiger partial charge in [-0.25, -0.2) is 0 Å². The van der Waals surface area contributed by atoms with Crippen LogP contribution in [-0.2, 0) is 37.1 Å². The number of imide groups is 1. The number of carbonyl (C=O) groups is 4. The first-order valence-corrected chi connectivity index (χ1v) is 20.6. The molecule has 0 spiro atoms. The van der Waals surface area contributed by atoms with Gasteiger partial charge in [-0.05, 0) is 82.4 Å². The maximum absolute atomic E-state index is 14.4. The minimum atomic E-state index is -4.82. The number of alkyl halides is 6. The van der Waals surface area contributed by atoms with Crippen molar-refractivity contribution in [3.63, 3.8) is 0 Å². The van der Waals surface area contributed by atoms with Crippen molar-refractivity contribution in [1.82, 2.24) is 29.8 Å². The number of nitriles is 1. The Kier molecular flexibility index (Phi) is 12.4. The lowest BCUT2D eigenvalue weighted by Gasteiger charge is -2.42. The van der Waals surface area contributed by atoms with Crippen molar-refractivity contribution >= 4 is 63.2 Å². The number of carbonyl (C=O) groups excluding carboxylic acids is 4. The molecule has 2 N–H and O–H groups in total. The van der Waals surface area contributed by atoms with Crippen LogP contribution < -0.4 is 15.5 Å². The zero-order chi connectivity index (χ0) is 44.9. The topological polar surface area (TPSA) is 156 Å². The number of halogens is 6. The van der Waals surface area contributed by atoms with Crippen molar-refractivity contribution in [1.29, 1.82) is 5.26 Å². The average molecular weight is 890 g/mol. The lowest BCUT2D eigenvalue weighted by Crippen LogP contribution is -2.60. The number of piperazine rings is 1. The summed E-state index contributed by atoms with van der Waals surface area (Å²) in [6.45, 7) is 3.05. The van der Waals surface area contributed by atoms with Gasteiger partial charge in [0.2, 0.25) is 17.7 Å². The number of rotatable bonds is 10. The number of aryl methyl sites for hydroxylation is 1. The van der Waals surface area contributed by atoms with Gasteiger partial charge in [-0.2, -0.15) is 36.7 Å². The Morgan fingerprint density at radius 3 is 2.44 bits per heavy atom. The quantitative estimate of drug-likeness (QED) is 0.157. The predicted octanol–water partition coefficient (Wildman–Crippen LogP) is 5.21. The van der Waals surface area contributed by atoms with Crippen LogP contribution in [0.5, 0.6) is 0 Å². The minimum absolute atomic E-state index is 0.0282. The first-order chi connectivity index (χ1) is 29.2. The fraction of sp³-hybridized carbons (Fsp3) is 0.537. The molecule has 62 heavy (non-hydrogen) atoms. The number of benzene rings is 2. The van der Waals surface area contributed by atoms with Crippen LogP contribution in [0.25, 0.3) is 10.9 Å². The summed E-state index contributed by atoms with van der Waals surface area (Å²) in [4.78, 5) is 56.8. The van der Waals surface area contributed by atoms with Gasteiger partial charge in [0.05, 0.1) is 65.0 Å². The first kappa shape index (κ1) is 44.9. The predicted molar refractivity (Wildman–Crippen MR) is 216 cm³/mol. The van der Waals surface area contributed by atoms with Crippen LogP contribution in [0.2, 0.25) is 0 Å². The lowest BCUT2D eigenvalue weighted by molar-refractivity contribution is -0.197. The van der Waals surface area contributed by atoms with E-state index in [2.05, 4.69) is 15.7 Å². The molecule has 332 valence electrons. The Balaban J connectivity index is 0.910. The molecule has 4 heterocycles. The molecular formula is C41H45F6N9O5S. The van der Waals surface area contributed by atoms with E-state index >= 15 is 0 Å². The number of hydrogen-bond donors (Lipinski definition) is 2. The van der Waals surface area contributed by atoms with Crippen LogP contribution in [0.1, 0.15) is 75.1 Å². The third-order valence-electron chi connectivity index (χ3n) is 12.2. The monoisotopic (exact) mass is 889 g/mol. The normalized spacial score (nSPS) is 24.1. The van der Waals surface area contributed by atoms with E-state index in [1.165, 1.54) is 16.8 Å². The summed E-state index contributed by atoms with van der Waals surface area (Å²) in [6.07, 6.45) is -7.03. The fourth-order valence-corrected chi connectivity index (χ4v) is 9.67. The molecule has 4 amide bonds. The van der Waals surface area contributed by atoms with Crippen LogP contribution in [0, 0.1) is 11.3 Å². The second-order valence-electron chi connectivity index (χ2n) is 16.6. The summed E-state index contributed by atoms with van der Waals surface area (Å²) in [5.74, 6) is -2.66. The molecule has 0 bridgehead atoms. The molecule has 3 aromatic rings. The summed E-state index contributed by atoms with van der Waals surface area (Å²) in [6, 6.07) is 7.44. The summed E-state index contributed by atoms with van der Waals surface area (Å²) in [7, 11) is 1.63. The van der Waals surface area contributed by atoms with E-state index in [9.17, 15) is 50.8 Å². The number of ether oxygens (including phenoxy) is 1. The van der Waals surface area contributed by atoms with Crippen molar-refractivity contribution in [2.45, 2.75) is 94.4 Å². The molecule has 7 rings (SSSR count). The van der Waals surface area contributed by atoms with Gasteiger partial charge in [0.1, 0.15) is 11.6 Å². The maximum atomic E-state index is 14.4. The fourth-order valence-electron chi connectivity index (χ4n) is 9.10. The number of piperidine rings is 1. The van der Waals surface area contributed by atoms with E-state index < -0.39 is 65.2 Å². The highest BCUT2D eigenvalue weighted by Crippen LogP contribution is 2.41. The molecule has 21 heteroatoms. The highest BCUT2D eigenvalue weighted by molar-refractivity contribution is 7.80. The SMILES string of the molecule is Cn1nc(C2CCC(=O)NC2=O)c2cccc(NC(=O)CN3CCN(CCOC4CCC(N5C(=S)N(c6ccc(C#N)c(C(F)(F)F)c6)C(=O)C5(C)C)CC4)C[C@@H]3C(F)(F)F)c21. The Labute approximate surface area is 358 Å². The van der Waals surface area contributed by atoms with Crippen molar-refractivity contribution < 1.29 is 50.3 Å². The number of hydrogen-bond acceptors (Lipinski definition) is 10. The van der Waals surface area contributed by atoms with Crippen LogP contribution in [0.15, 0.2) is 36.4 Å². The highest BCUT2D eigenvalue weighted by Gasteiger charge is 2.53. The molecule has 4 fully saturated rings. The van der Waals surface area contributed by atoms with Crippen LogP contribution in [0.4, 0.5) is 37.7 Å². The maximum Gasteiger partial charge on any atom is 0.417 e. The average Bonchev–Trinajstić information content (AvgIpc) is 3.63. The van der Waals surface area contributed by atoms with Gasteiger partial charge in [0.15, 0.2) is 5.11 Å². The van der Waals surface area contributed by atoms with Gasteiger partial charge in [0.25, 0.3) is 5.91 Å². The van der Waals surface area contributed by atoms with Gasteiger partial charge in [0, 0.05) is 51.1 Å². The molecule has 1 aliphatic carbocycles. The van der Waals surface area contributed by atoms with Crippen molar-refractivity contribution in [2.24, 2.45) is 7.05 Å². The second-order valence-corrected chi connectivity index (χ2v) is 16.9. The molecule has 2 aromatic carbocycles. The minimum Gasteiger partial charge on any atom is -0.377 e. The Morgan fingerprint density at radius 1 is 1.05 bits per heavy atom. The number of nitrogens with one attached hydrogen (secondary N) is 2. The van der Waals surface area contributed by atoms with Crippen LogP contribution in [0.3, 0.4) is 0 Å². The van der Waals surface area contributed by atoms with E-state index in [0.29, 0.717) is 48.0 Å². The van der Waals surface area contributed by atoms with Crippen molar-refractivity contribution in [3.8, 4) is 6.07 Å². The van der Waals surface area contributed by atoms with E-state index in [1.807, 2.05) is 0 Å². The van der Waals surface area contributed by atoms with Gasteiger partial charge >= 0.3 is 12.4 Å². The Hall–Kier alpha value is -5.17. The number of amides is 4. The Morgan fingerprint density at radius 2 is 1.77 bits per heavy atom. The van der Waals surface area contributed by atoms with E-state index in [1.54, 1.807) is 48.9 Å². The molecule has 3 aliphatic heterocycles. The molecule has 14 nitrogen and oxygen atoms in total. The third kappa shape index (κ3) is 8.87. The molecule has 0 radical (unpaired) electrons. The third-order valence-corrected chi connectivity index (χ3v) is 12.6. The lowest BCUT2D eigenvalue weighted by atomic mass is 9.89. The zero-order valence-electron chi connectivity index (χ0n) is 34.1. The van der Waals surface area contributed by atoms with Crippen LogP contribution in [-0.4, -0.2) is 122 Å². The summed E-state index contributed by atoms with van der Waals surface area (Å²) in [5.41, 5.74) is -1.75. The smallest absolute Gasteiger partial charge is 0.377 e. The molecule has 1 aromatic heterocycles. The van der Waals surface area contributed by atoms with Gasteiger partial charge in [-0.3, -0.25) is 43.9 Å². The standard InChI is InChI=1S/C41H45F6N9O5S/c1-39(2)37(60)55(25-8-7-23(20-48)29(19-25)40(42,43)44)38(62)56(39)24-9-11-26(12-10-24)61-18-17-53-15-16-54(31(21-53)41(45,46)47)22-33(58)49-30-6-4-5-27-34(51-52(3)35(27)30)28-13-14-32(57)50-36(28)59/h4-8,19,24,26,28,31H,9-18,21-22H2,1-3H3,(H,49,58)(H,50,57,59)/t24?,26?,28?,31-/m1/s1. The molecule has 3 saturated heterocycles. The van der Waals surface area contributed by atoms with Gasteiger partial charge in [-0.1, -0.05) is 12.1 Å². The van der Waals surface area contributed by atoms with Gasteiger partial charge in [-0.15, -0.1) is 0 Å². The van der Waals surface area contributed by atoms with Crippen LogP contribution >= 0.6 is 12.2 Å². The number of aromatic nitrogens is 2. The van der Waals surface area contributed by atoms with E-state index in [-0.39, 0.29) is 74.5 Å². The first-order valence-electron chi connectivity index (χ1n) is 20.2. The number of anilines is 2. The second kappa shape index (κ2) is 17.2. The molecule has 1 unspecified atom stereocenters. The van der Waals surface area contributed by atoms with E-state index in [0.717, 1.165) is 21.9 Å². The summed E-state index contributed by atoms with van der Waals surface area (Å²) < 4.78 is 92.2. The largest absolute Gasteiger partial charge is 0.417 e. The molecule has 2 atom stereocenters. The van der Waals surface area contributed by atoms with E-state index in [4.69, 9.17) is 17.0 Å².